The van der Waals surface area contributed by atoms with Gasteiger partial charge in [0.2, 0.25) is 5.95 Å². The Balaban J connectivity index is 0.000000186. The van der Waals surface area contributed by atoms with Crippen molar-refractivity contribution in [3.05, 3.63) is 235 Å². The van der Waals surface area contributed by atoms with Crippen LogP contribution in [0.15, 0.2) is 157 Å². The monoisotopic (exact) mass is 1440 g/mol. The number of hydrogen-bond acceptors (Lipinski definition) is 8. The van der Waals surface area contributed by atoms with Crippen LogP contribution in [0.5, 0.6) is 0 Å². The third kappa shape index (κ3) is 20.8. The van der Waals surface area contributed by atoms with E-state index in [4.69, 9.17) is 23.2 Å². The summed E-state index contributed by atoms with van der Waals surface area (Å²) in [5.41, 5.74) is 23.8. The molecule has 0 aliphatic carbocycles. The number of allylic oxidation sites excluding steroid dienone is 2. The maximum atomic E-state index is 13.5. The van der Waals surface area contributed by atoms with Crippen LogP contribution in [0.25, 0.3) is 43.6 Å². The summed E-state index contributed by atoms with van der Waals surface area (Å²) in [6.07, 6.45) is 7.20. The normalized spacial score (nSPS) is 13.3. The Morgan fingerprint density at radius 3 is 1.34 bits per heavy atom. The van der Waals surface area contributed by atoms with E-state index in [1.807, 2.05) is 42.6 Å². The van der Waals surface area contributed by atoms with Crippen molar-refractivity contribution in [2.75, 3.05) is 16.0 Å². The van der Waals surface area contributed by atoms with Crippen LogP contribution < -0.4 is 16.0 Å². The number of nitrogens with zero attached hydrogens (tertiary/aromatic N) is 4. The maximum Gasteiger partial charge on any atom is 0.216 e. The van der Waals surface area contributed by atoms with E-state index in [0.717, 1.165) is 77.9 Å². The van der Waals surface area contributed by atoms with E-state index < -0.39 is 0 Å². The minimum Gasteiger partial charge on any atom is -0.359 e. The van der Waals surface area contributed by atoms with Gasteiger partial charge in [0.25, 0.3) is 0 Å². The number of H-pyrrole nitrogens is 4. The molecule has 0 fully saturated rings. The summed E-state index contributed by atoms with van der Waals surface area (Å²) in [6.45, 7) is 61.9. The summed E-state index contributed by atoms with van der Waals surface area (Å²) >= 11 is 14.1. The fourth-order valence-corrected chi connectivity index (χ4v) is 12.8. The van der Waals surface area contributed by atoms with Crippen LogP contribution in [0, 0.1) is 25.6 Å². The predicted molar refractivity (Wildman–Crippen MR) is 439 cm³/mol. The molecular formula is C86H113Cl2F2N11S. The Morgan fingerprint density at radius 2 is 0.814 bits per heavy atom. The quantitative estimate of drug-likeness (QED) is 0.0793. The molecule has 0 saturated carbocycles. The molecule has 7 heterocycles. The average molecular weight is 1440 g/mol. The predicted octanol–water partition coefficient (Wildman–Crippen LogP) is 25.8. The molecule has 102 heavy (non-hydrogen) atoms. The Hall–Kier alpha value is -8.17. The largest absolute Gasteiger partial charge is 0.359 e. The lowest BCUT2D eigenvalue weighted by Gasteiger charge is -2.21. The number of hydrogen-bond donors (Lipinski definition) is 7. The van der Waals surface area contributed by atoms with Crippen LogP contribution in [-0.2, 0) is 50.7 Å². The maximum absolute atomic E-state index is 13.5. The average Bonchev–Trinajstić information content (AvgIpc) is 1.62. The summed E-state index contributed by atoms with van der Waals surface area (Å²) in [5, 5.41) is 42.6. The van der Waals surface area contributed by atoms with E-state index >= 15 is 0 Å². The Morgan fingerprint density at radius 1 is 0.412 bits per heavy atom. The third-order valence-corrected chi connectivity index (χ3v) is 19.3. The van der Waals surface area contributed by atoms with Gasteiger partial charge in [0, 0.05) is 51.0 Å². The summed E-state index contributed by atoms with van der Waals surface area (Å²) in [7, 11) is 0. The minimum atomic E-state index is -0.355. The molecule has 0 unspecified atom stereocenters. The lowest BCUT2D eigenvalue weighted by molar-refractivity contribution is 0.576. The minimum absolute atomic E-state index is 0. The number of fused-ring (bicyclic) bond motifs is 7. The number of aromatic amines is 4. The number of rotatable bonds is 0. The van der Waals surface area contributed by atoms with Gasteiger partial charge in [0.05, 0.1) is 67.0 Å². The molecule has 16 heteroatoms. The number of anilines is 3. The van der Waals surface area contributed by atoms with Crippen LogP contribution in [0.3, 0.4) is 0 Å². The highest BCUT2D eigenvalue weighted by molar-refractivity contribution is 8.03. The molecule has 4 aromatic heterocycles. The standard InChI is InChI=1S/C14H19N.C13H16ClN.C12H16N2.C12H15NS.C11H13ClN2.2C11H13FN2.2CH4/c1-9-6-12(14(3,4)5)8-11-7-10(2)15-13(9)11;1-8-5-9-6-10(13(2,3)4)7-11(14)12(9)15-8;1-8-5-10(12(2,3)4)6-9-7-13-14-11(8)9;1-8-13-10-6-5-9(12(2,3)4)7-11(10)14-8;2*1-11(2,3)8-4-7-6-13-14-10(7)9(12)5-8;1-11(2,3)7-4-5-9-8(6-7)10(12)14-13-9;;/h6,8,15H,2,7H2,1,3-5H3;6-7,15H,1,5H2,2-4H3;5-7H,1-4H3,(H,13,14);5-7,13H,1H2,2-4H3;3*4-6H,1-3H3,(H,13,14);2*1H4. The van der Waals surface area contributed by atoms with Gasteiger partial charge in [-0.15, -0.1) is 0 Å². The number of benzene rings is 7. The molecule has 0 radical (unpaired) electrons. The van der Waals surface area contributed by atoms with Gasteiger partial charge in [0.1, 0.15) is 11.3 Å². The number of halogens is 4. The highest BCUT2D eigenvalue weighted by Gasteiger charge is 2.26. The van der Waals surface area contributed by atoms with Crippen LogP contribution in [-0.4, -0.2) is 40.8 Å². The molecule has 546 valence electrons. The van der Waals surface area contributed by atoms with E-state index in [1.54, 1.807) is 30.2 Å². The van der Waals surface area contributed by atoms with E-state index in [-0.39, 0.29) is 64.5 Å². The zero-order chi connectivity index (χ0) is 74.2. The molecule has 11 aromatic rings. The first-order chi connectivity index (χ1) is 46.1. The molecular weight excluding hydrogens is 1330 g/mol. The van der Waals surface area contributed by atoms with Gasteiger partial charge >= 0.3 is 0 Å². The number of nitrogens with one attached hydrogen (secondary N) is 7. The van der Waals surface area contributed by atoms with Crippen LogP contribution >= 0.6 is 35.0 Å². The molecule has 0 bridgehead atoms. The summed E-state index contributed by atoms with van der Waals surface area (Å²) in [4.78, 5) is 1.29. The highest BCUT2D eigenvalue weighted by atomic mass is 35.5. The first-order valence-corrected chi connectivity index (χ1v) is 35.7. The Bertz CT molecular complexity index is 4500. The van der Waals surface area contributed by atoms with Crippen molar-refractivity contribution in [3.63, 3.8) is 0 Å². The third-order valence-electron chi connectivity index (χ3n) is 17.8. The van der Waals surface area contributed by atoms with Crippen molar-refractivity contribution in [2.24, 2.45) is 0 Å². The molecule has 3 aliphatic heterocycles. The molecule has 0 amide bonds. The molecule has 3 aliphatic rings. The van der Waals surface area contributed by atoms with E-state index in [0.29, 0.717) is 16.4 Å². The lowest BCUT2D eigenvalue weighted by atomic mass is 9.84. The van der Waals surface area contributed by atoms with Gasteiger partial charge in [-0.3, -0.25) is 20.4 Å². The summed E-state index contributed by atoms with van der Waals surface area (Å²) in [6, 6.07) is 33.3. The number of aromatic nitrogens is 8. The van der Waals surface area contributed by atoms with E-state index in [2.05, 4.69) is 290 Å². The molecule has 0 atom stereocenters. The first-order valence-electron chi connectivity index (χ1n) is 34.1. The van der Waals surface area contributed by atoms with Crippen molar-refractivity contribution in [2.45, 2.75) is 230 Å². The SMILES string of the molecule is C.C.C=C1Cc2cc(C(C)(C)C)cc(C)c2N1.C=C1Cc2cc(C(C)(C)C)cc(Cl)c2N1.C=C1Nc2ccc(C(C)(C)C)cc2S1.CC(C)(C)c1cc(Cl)c2[nH]ncc2c1.CC(C)(C)c1cc(F)c2[nH]ncc2c1.CC(C)(C)c1ccc2n[nH]c(F)c2c1.Cc1cc(C(C)(C)C)cc2cn[nH]c12. The zero-order valence-corrected chi connectivity index (χ0v) is 65.5. The van der Waals surface area contributed by atoms with Crippen LogP contribution in [0.4, 0.5) is 25.8 Å². The second kappa shape index (κ2) is 31.8. The van der Waals surface area contributed by atoms with E-state index in [1.165, 1.54) is 71.7 Å². The van der Waals surface area contributed by atoms with Crippen molar-refractivity contribution in [3.8, 4) is 0 Å². The van der Waals surface area contributed by atoms with Crippen LogP contribution in [0.1, 0.15) is 221 Å². The van der Waals surface area contributed by atoms with Crippen molar-refractivity contribution >= 4 is 95.6 Å². The van der Waals surface area contributed by atoms with Crippen molar-refractivity contribution in [1.82, 2.24) is 40.8 Å². The van der Waals surface area contributed by atoms with Gasteiger partial charge in [-0.1, -0.05) is 251 Å². The summed E-state index contributed by atoms with van der Waals surface area (Å²) < 4.78 is 26.7. The first kappa shape index (κ1) is 82.8. The van der Waals surface area contributed by atoms with E-state index in [9.17, 15) is 8.78 Å². The molecule has 7 N–H and O–H groups in total. The number of thioether (sulfide) groups is 1. The molecule has 7 aromatic carbocycles. The zero-order valence-electron chi connectivity index (χ0n) is 63.2. The second-order valence-electron chi connectivity index (χ2n) is 33.7. The second-order valence-corrected chi connectivity index (χ2v) is 35.7. The molecule has 14 rings (SSSR count). The van der Waals surface area contributed by atoms with Crippen LogP contribution in [0.2, 0.25) is 10.0 Å². The lowest BCUT2D eigenvalue weighted by Crippen LogP contribution is -2.11. The fourth-order valence-electron chi connectivity index (χ4n) is 11.4. The Kier molecular flexibility index (Phi) is 25.8. The molecule has 11 nitrogen and oxygen atoms in total. The highest BCUT2D eigenvalue weighted by Crippen LogP contribution is 2.43. The van der Waals surface area contributed by atoms with Gasteiger partial charge in [-0.05, 0) is 174 Å². The van der Waals surface area contributed by atoms with Gasteiger partial charge in [0.15, 0.2) is 0 Å². The topological polar surface area (TPSA) is 151 Å². The summed E-state index contributed by atoms with van der Waals surface area (Å²) in [5.74, 6) is -0.587. The van der Waals surface area contributed by atoms with Crippen molar-refractivity contribution in [1.29, 1.82) is 0 Å². The van der Waals surface area contributed by atoms with Gasteiger partial charge < -0.3 is 16.0 Å². The smallest absolute Gasteiger partial charge is 0.216 e. The van der Waals surface area contributed by atoms with Gasteiger partial charge in [-0.25, -0.2) is 4.39 Å². The molecule has 0 spiro atoms. The molecule has 0 saturated heterocycles. The Labute approximate surface area is 621 Å². The van der Waals surface area contributed by atoms with Gasteiger partial charge in [-0.2, -0.15) is 24.8 Å². The number of aryl methyl sites for hydroxylation is 2. The van der Waals surface area contributed by atoms with Crippen molar-refractivity contribution < 1.29 is 8.78 Å². The fraction of sp³-hybridized carbons (Fsp3) is 0.395.